The van der Waals surface area contributed by atoms with Crippen molar-refractivity contribution >= 4 is 17.0 Å². The molecule has 0 aliphatic carbocycles. The molecule has 7 nitrogen and oxygen atoms in total. The summed E-state index contributed by atoms with van der Waals surface area (Å²) >= 11 is 0. The van der Waals surface area contributed by atoms with E-state index in [0.717, 1.165) is 11.1 Å². The second kappa shape index (κ2) is 7.00. The van der Waals surface area contributed by atoms with Gasteiger partial charge in [-0.05, 0) is 35.6 Å². The minimum atomic E-state index is -0.499. The monoisotopic (exact) mass is 369 g/mol. The summed E-state index contributed by atoms with van der Waals surface area (Å²) in [5, 5.41) is 29.0. The Bertz CT molecular complexity index is 1000. The van der Waals surface area contributed by atoms with Crippen LogP contribution in [0, 0.1) is 0 Å². The Morgan fingerprint density at radius 2 is 1.96 bits per heavy atom. The number of fused-ring (bicyclic) bond motifs is 1. The maximum Gasteiger partial charge on any atom is 0.340 e. The van der Waals surface area contributed by atoms with Crippen LogP contribution in [0.4, 0.5) is 0 Å². The normalized spacial score (nSPS) is 11.7. The minimum absolute atomic E-state index is 0.00516. The summed E-state index contributed by atoms with van der Waals surface area (Å²) in [6.45, 7) is 5.99. The molecule has 0 fully saturated rings. The molecule has 0 amide bonds. The molecule has 0 bridgehead atoms. The van der Waals surface area contributed by atoms with Crippen molar-refractivity contribution in [3.63, 3.8) is 0 Å². The molecule has 0 atom stereocenters. The van der Waals surface area contributed by atoms with E-state index >= 15 is 0 Å². The maximum atomic E-state index is 12.0. The van der Waals surface area contributed by atoms with Gasteiger partial charge in [0.1, 0.15) is 22.5 Å². The summed E-state index contributed by atoms with van der Waals surface area (Å²) in [7, 11) is 1.31. The highest BCUT2D eigenvalue weighted by atomic mass is 16.5. The van der Waals surface area contributed by atoms with E-state index in [-0.39, 0.29) is 17.8 Å². The predicted molar refractivity (Wildman–Crippen MR) is 101 cm³/mol. The van der Waals surface area contributed by atoms with Crippen molar-refractivity contribution in [3.05, 3.63) is 47.0 Å². The van der Waals surface area contributed by atoms with Crippen LogP contribution in [0.1, 0.15) is 42.3 Å². The second-order valence-corrected chi connectivity index (χ2v) is 7.39. The topological polar surface area (TPSA) is 97.5 Å². The van der Waals surface area contributed by atoms with Crippen LogP contribution in [0.2, 0.25) is 0 Å². The molecule has 27 heavy (non-hydrogen) atoms. The zero-order valence-electron chi connectivity index (χ0n) is 15.9. The van der Waals surface area contributed by atoms with E-state index in [1.165, 1.54) is 11.9 Å². The van der Waals surface area contributed by atoms with Crippen LogP contribution in [0.5, 0.6) is 5.75 Å². The van der Waals surface area contributed by atoms with Crippen LogP contribution >= 0.6 is 0 Å². The van der Waals surface area contributed by atoms with Crippen LogP contribution < -0.4 is 0 Å². The van der Waals surface area contributed by atoms with E-state index < -0.39 is 5.97 Å². The standard InChI is InChI=1S/C20H23N3O4/c1-20(2,3)14-10-12(8-9-24)11-16(18(14)25)23-21-15-7-5-6-13(17(15)22-23)19(26)27-4/h5-7,10-11,24-25H,8-9H2,1-4H3. The number of carbonyl (C=O) groups is 1. The van der Waals surface area contributed by atoms with Crippen LogP contribution in [0.3, 0.4) is 0 Å². The third-order valence-corrected chi connectivity index (χ3v) is 4.39. The van der Waals surface area contributed by atoms with Crippen LogP contribution in [0.25, 0.3) is 16.7 Å². The second-order valence-electron chi connectivity index (χ2n) is 7.39. The van der Waals surface area contributed by atoms with E-state index in [0.29, 0.717) is 28.7 Å². The van der Waals surface area contributed by atoms with Gasteiger partial charge in [0.05, 0.1) is 12.7 Å². The minimum Gasteiger partial charge on any atom is -0.505 e. The van der Waals surface area contributed by atoms with Crippen LogP contribution in [0.15, 0.2) is 30.3 Å². The van der Waals surface area contributed by atoms with Gasteiger partial charge in [-0.25, -0.2) is 4.79 Å². The van der Waals surface area contributed by atoms with E-state index in [1.54, 1.807) is 24.3 Å². The summed E-state index contributed by atoms with van der Waals surface area (Å²) in [5.41, 5.74) is 2.91. The van der Waals surface area contributed by atoms with Crippen molar-refractivity contribution < 1.29 is 19.7 Å². The molecule has 1 heterocycles. The zero-order chi connectivity index (χ0) is 19.8. The van der Waals surface area contributed by atoms with Gasteiger partial charge in [0.25, 0.3) is 0 Å². The Labute approximate surface area is 157 Å². The lowest BCUT2D eigenvalue weighted by Crippen LogP contribution is -2.14. The van der Waals surface area contributed by atoms with Crippen molar-refractivity contribution in [2.75, 3.05) is 13.7 Å². The fourth-order valence-electron chi connectivity index (χ4n) is 2.99. The van der Waals surface area contributed by atoms with Gasteiger partial charge >= 0.3 is 5.97 Å². The number of rotatable bonds is 4. The van der Waals surface area contributed by atoms with Gasteiger partial charge in [0.2, 0.25) is 0 Å². The van der Waals surface area contributed by atoms with Crippen LogP contribution in [-0.2, 0) is 16.6 Å². The van der Waals surface area contributed by atoms with E-state index in [2.05, 4.69) is 10.2 Å². The van der Waals surface area contributed by atoms with Gasteiger partial charge in [0.15, 0.2) is 0 Å². The highest BCUT2D eigenvalue weighted by Gasteiger charge is 2.24. The maximum absolute atomic E-state index is 12.0. The number of phenolic OH excluding ortho intramolecular Hbond substituents is 1. The molecule has 0 unspecified atom stereocenters. The summed E-state index contributed by atoms with van der Waals surface area (Å²) in [4.78, 5) is 13.3. The summed E-state index contributed by atoms with van der Waals surface area (Å²) in [6, 6.07) is 8.70. The number of esters is 1. The Balaban J connectivity index is 2.24. The van der Waals surface area contributed by atoms with E-state index in [4.69, 9.17) is 4.74 Å². The first-order chi connectivity index (χ1) is 12.8. The Kier molecular flexibility index (Phi) is 4.89. The molecule has 1 aromatic heterocycles. The number of nitrogens with zero attached hydrogens (tertiary/aromatic N) is 3. The Morgan fingerprint density at radius 3 is 2.59 bits per heavy atom. The fourth-order valence-corrected chi connectivity index (χ4v) is 2.99. The zero-order valence-corrected chi connectivity index (χ0v) is 15.9. The molecule has 7 heteroatoms. The third kappa shape index (κ3) is 3.50. The average molecular weight is 369 g/mol. The Morgan fingerprint density at radius 1 is 1.22 bits per heavy atom. The molecule has 0 saturated heterocycles. The van der Waals surface area contributed by atoms with Crippen molar-refractivity contribution in [1.29, 1.82) is 0 Å². The lowest BCUT2D eigenvalue weighted by atomic mass is 9.84. The third-order valence-electron chi connectivity index (χ3n) is 4.39. The molecule has 2 aromatic carbocycles. The SMILES string of the molecule is COC(=O)c1cccc2nn(-c3cc(CCO)cc(C(C)(C)C)c3O)nc12. The van der Waals surface area contributed by atoms with Crippen molar-refractivity contribution in [2.45, 2.75) is 32.6 Å². The number of carbonyl (C=O) groups excluding carboxylic acids is 1. The predicted octanol–water partition coefficient (Wildman–Crippen LogP) is 2.75. The summed E-state index contributed by atoms with van der Waals surface area (Å²) in [5.74, 6) is -0.426. The number of aliphatic hydroxyl groups is 1. The number of hydrogen-bond donors (Lipinski definition) is 2. The summed E-state index contributed by atoms with van der Waals surface area (Å²) < 4.78 is 4.80. The van der Waals surface area contributed by atoms with Crippen molar-refractivity contribution in [2.24, 2.45) is 0 Å². The van der Waals surface area contributed by atoms with Crippen molar-refractivity contribution in [3.8, 4) is 11.4 Å². The van der Waals surface area contributed by atoms with Gasteiger partial charge < -0.3 is 14.9 Å². The van der Waals surface area contributed by atoms with Gasteiger partial charge in [-0.15, -0.1) is 15.0 Å². The van der Waals surface area contributed by atoms with Crippen molar-refractivity contribution in [1.82, 2.24) is 15.0 Å². The molecule has 0 spiro atoms. The van der Waals surface area contributed by atoms with Crippen LogP contribution in [-0.4, -0.2) is 44.9 Å². The number of aromatic hydroxyl groups is 1. The number of phenols is 1. The van der Waals surface area contributed by atoms with E-state index in [1.807, 2.05) is 26.8 Å². The molecular formula is C20H23N3O4. The smallest absolute Gasteiger partial charge is 0.340 e. The van der Waals surface area contributed by atoms with E-state index in [9.17, 15) is 15.0 Å². The average Bonchev–Trinajstić information content (AvgIpc) is 3.05. The van der Waals surface area contributed by atoms with Gasteiger partial charge in [-0.2, -0.15) is 0 Å². The number of hydrogen-bond acceptors (Lipinski definition) is 6. The first-order valence-corrected chi connectivity index (χ1v) is 8.68. The lowest BCUT2D eigenvalue weighted by molar-refractivity contribution is 0.0602. The molecule has 142 valence electrons. The summed E-state index contributed by atoms with van der Waals surface area (Å²) in [6.07, 6.45) is 0.449. The number of aromatic nitrogens is 3. The fraction of sp³-hybridized carbons (Fsp3) is 0.350. The lowest BCUT2D eigenvalue weighted by Gasteiger charge is -2.23. The number of ether oxygens (including phenoxy) is 1. The first kappa shape index (κ1) is 18.8. The largest absolute Gasteiger partial charge is 0.505 e. The molecule has 0 saturated carbocycles. The molecule has 3 rings (SSSR count). The number of methoxy groups -OCH3 is 1. The number of aliphatic hydroxyl groups excluding tert-OH is 1. The molecule has 0 aliphatic rings. The first-order valence-electron chi connectivity index (χ1n) is 8.68. The van der Waals surface area contributed by atoms with Gasteiger partial charge in [-0.1, -0.05) is 32.9 Å². The van der Waals surface area contributed by atoms with Gasteiger partial charge in [-0.3, -0.25) is 0 Å². The highest BCUT2D eigenvalue weighted by Crippen LogP contribution is 2.36. The Hall–Kier alpha value is -2.93. The molecule has 0 radical (unpaired) electrons. The molecular weight excluding hydrogens is 346 g/mol. The molecule has 3 aromatic rings. The quantitative estimate of drug-likeness (QED) is 0.686. The van der Waals surface area contributed by atoms with Gasteiger partial charge in [0, 0.05) is 12.2 Å². The molecule has 0 aliphatic heterocycles. The highest BCUT2D eigenvalue weighted by molar-refractivity contribution is 6.01. The molecule has 2 N–H and O–H groups in total. The number of benzene rings is 2.